The van der Waals surface area contributed by atoms with Crippen molar-refractivity contribution in [3.8, 4) is 11.5 Å². The number of aromatic nitrogens is 2. The van der Waals surface area contributed by atoms with E-state index in [9.17, 15) is 4.79 Å². The van der Waals surface area contributed by atoms with Crippen molar-refractivity contribution >= 4 is 5.91 Å². The Morgan fingerprint density at radius 3 is 2.76 bits per heavy atom. The van der Waals surface area contributed by atoms with E-state index < -0.39 is 0 Å². The first-order valence-corrected chi connectivity index (χ1v) is 7.15. The molecule has 2 rings (SSSR count). The summed E-state index contributed by atoms with van der Waals surface area (Å²) in [6.45, 7) is 3.79. The normalized spacial score (nSPS) is 10.5. The van der Waals surface area contributed by atoms with E-state index in [1.807, 2.05) is 37.3 Å². The first-order valence-electron chi connectivity index (χ1n) is 7.15. The third-order valence-corrected chi connectivity index (χ3v) is 2.86. The summed E-state index contributed by atoms with van der Waals surface area (Å²) in [5.74, 6) is 1.08. The van der Waals surface area contributed by atoms with E-state index >= 15 is 0 Å². The van der Waals surface area contributed by atoms with Crippen molar-refractivity contribution in [1.29, 1.82) is 0 Å². The van der Waals surface area contributed by atoms with Crippen molar-refractivity contribution in [2.24, 2.45) is 0 Å². The van der Waals surface area contributed by atoms with Crippen LogP contribution >= 0.6 is 0 Å². The van der Waals surface area contributed by atoms with Crippen LogP contribution in [-0.4, -0.2) is 29.2 Å². The molecule has 0 fully saturated rings. The summed E-state index contributed by atoms with van der Waals surface area (Å²) in [4.78, 5) is 11.4. The van der Waals surface area contributed by atoms with Gasteiger partial charge in [-0.3, -0.25) is 4.79 Å². The van der Waals surface area contributed by atoms with Crippen molar-refractivity contribution in [3.63, 3.8) is 0 Å². The number of hydrogen-bond acceptors (Lipinski definition) is 5. The van der Waals surface area contributed by atoms with Gasteiger partial charge in [0.05, 0.1) is 6.54 Å². The molecule has 1 amide bonds. The summed E-state index contributed by atoms with van der Waals surface area (Å²) in [6.07, 6.45) is 1.39. The van der Waals surface area contributed by atoms with E-state index in [2.05, 4.69) is 20.8 Å². The molecule has 1 aromatic carbocycles. The molecule has 0 saturated heterocycles. The minimum Gasteiger partial charge on any atom is -0.419 e. The molecule has 112 valence electrons. The van der Waals surface area contributed by atoms with Gasteiger partial charge < -0.3 is 15.1 Å². The molecule has 0 saturated carbocycles. The molecule has 6 nitrogen and oxygen atoms in total. The fraction of sp³-hybridized carbons (Fsp3) is 0.400. The summed E-state index contributed by atoms with van der Waals surface area (Å²) >= 11 is 0. The monoisotopic (exact) mass is 288 g/mol. The van der Waals surface area contributed by atoms with Crippen LogP contribution in [0.3, 0.4) is 0 Å². The average Bonchev–Trinajstić information content (AvgIpc) is 2.99. The Balaban J connectivity index is 1.72. The van der Waals surface area contributed by atoms with E-state index in [1.165, 1.54) is 0 Å². The molecule has 0 spiro atoms. The molecule has 1 heterocycles. The van der Waals surface area contributed by atoms with Crippen LogP contribution in [0.2, 0.25) is 0 Å². The van der Waals surface area contributed by atoms with Crippen LogP contribution in [0.4, 0.5) is 0 Å². The zero-order chi connectivity index (χ0) is 14.9. The maximum atomic E-state index is 11.4. The number of carbonyl (C=O) groups excluding carboxylic acids is 1. The first kappa shape index (κ1) is 15.2. The minimum atomic E-state index is 0.0554. The van der Waals surface area contributed by atoms with Gasteiger partial charge in [0.2, 0.25) is 17.7 Å². The van der Waals surface area contributed by atoms with Crippen LogP contribution < -0.4 is 10.6 Å². The maximum absolute atomic E-state index is 11.4. The van der Waals surface area contributed by atoms with Gasteiger partial charge in [-0.2, -0.15) is 0 Å². The van der Waals surface area contributed by atoms with Crippen molar-refractivity contribution in [2.45, 2.75) is 26.3 Å². The lowest BCUT2D eigenvalue weighted by molar-refractivity contribution is -0.121. The number of nitrogens with one attached hydrogen (secondary N) is 2. The molecule has 2 aromatic rings. The van der Waals surface area contributed by atoms with Crippen molar-refractivity contribution in [2.75, 3.05) is 13.1 Å². The van der Waals surface area contributed by atoms with Gasteiger partial charge in [0.1, 0.15) is 0 Å². The van der Waals surface area contributed by atoms with Gasteiger partial charge in [-0.15, -0.1) is 10.2 Å². The topological polar surface area (TPSA) is 80.0 Å². The SMILES string of the molecule is CCCNC(=O)CCNCc1nnc(-c2ccccc2)o1. The third kappa shape index (κ3) is 5.00. The number of nitrogens with zero attached hydrogens (tertiary/aromatic N) is 2. The third-order valence-electron chi connectivity index (χ3n) is 2.86. The van der Waals surface area contributed by atoms with Gasteiger partial charge in [0.25, 0.3) is 0 Å². The number of benzene rings is 1. The maximum Gasteiger partial charge on any atom is 0.247 e. The van der Waals surface area contributed by atoms with Crippen molar-refractivity contribution in [1.82, 2.24) is 20.8 Å². The molecule has 1 aromatic heterocycles. The van der Waals surface area contributed by atoms with E-state index in [0.29, 0.717) is 31.3 Å². The van der Waals surface area contributed by atoms with Crippen LogP contribution in [0.5, 0.6) is 0 Å². The second-order valence-corrected chi connectivity index (χ2v) is 4.64. The highest BCUT2D eigenvalue weighted by molar-refractivity contribution is 5.75. The van der Waals surface area contributed by atoms with Crippen LogP contribution in [0.1, 0.15) is 25.7 Å². The van der Waals surface area contributed by atoms with E-state index in [4.69, 9.17) is 4.42 Å². The van der Waals surface area contributed by atoms with E-state index in [-0.39, 0.29) is 5.91 Å². The smallest absolute Gasteiger partial charge is 0.247 e. The van der Waals surface area contributed by atoms with Crippen LogP contribution in [0.25, 0.3) is 11.5 Å². The van der Waals surface area contributed by atoms with Crippen molar-refractivity contribution in [3.05, 3.63) is 36.2 Å². The lowest BCUT2D eigenvalue weighted by Crippen LogP contribution is -2.28. The van der Waals surface area contributed by atoms with E-state index in [1.54, 1.807) is 0 Å². The van der Waals surface area contributed by atoms with Gasteiger partial charge in [-0.25, -0.2) is 0 Å². The van der Waals surface area contributed by atoms with Crippen LogP contribution in [0.15, 0.2) is 34.7 Å². The molecular formula is C15H20N4O2. The Labute approximate surface area is 124 Å². The molecule has 21 heavy (non-hydrogen) atoms. The predicted molar refractivity (Wildman–Crippen MR) is 79.4 cm³/mol. The zero-order valence-electron chi connectivity index (χ0n) is 12.1. The molecule has 0 unspecified atom stereocenters. The van der Waals surface area contributed by atoms with Crippen LogP contribution in [-0.2, 0) is 11.3 Å². The zero-order valence-corrected chi connectivity index (χ0v) is 12.1. The molecule has 0 aliphatic rings. The van der Waals surface area contributed by atoms with Gasteiger partial charge in [0.15, 0.2) is 0 Å². The summed E-state index contributed by atoms with van der Waals surface area (Å²) < 4.78 is 5.56. The molecule has 0 aliphatic heterocycles. The highest BCUT2D eigenvalue weighted by Crippen LogP contribution is 2.16. The average molecular weight is 288 g/mol. The number of rotatable bonds is 8. The van der Waals surface area contributed by atoms with Gasteiger partial charge >= 0.3 is 0 Å². The summed E-state index contributed by atoms with van der Waals surface area (Å²) in [6, 6.07) is 9.62. The molecule has 0 bridgehead atoms. The standard InChI is InChI=1S/C15H20N4O2/c1-2-9-17-13(20)8-10-16-11-14-18-19-15(21-14)12-6-4-3-5-7-12/h3-7,16H,2,8-11H2,1H3,(H,17,20). The lowest BCUT2D eigenvalue weighted by Gasteiger charge is -2.03. The molecule has 0 radical (unpaired) electrons. The second kappa shape index (κ2) is 8.16. The highest BCUT2D eigenvalue weighted by atomic mass is 16.4. The fourth-order valence-electron chi connectivity index (χ4n) is 1.77. The Kier molecular flexibility index (Phi) is 5.90. The minimum absolute atomic E-state index is 0.0554. The van der Waals surface area contributed by atoms with Gasteiger partial charge in [-0.1, -0.05) is 25.1 Å². The second-order valence-electron chi connectivity index (χ2n) is 4.64. The molecule has 0 atom stereocenters. The molecular weight excluding hydrogens is 268 g/mol. The Hall–Kier alpha value is -2.21. The quantitative estimate of drug-likeness (QED) is 0.723. The molecule has 0 aliphatic carbocycles. The largest absolute Gasteiger partial charge is 0.419 e. The predicted octanol–water partition coefficient (Wildman–Crippen LogP) is 1.74. The summed E-state index contributed by atoms with van der Waals surface area (Å²) in [7, 11) is 0. The number of amides is 1. The lowest BCUT2D eigenvalue weighted by atomic mass is 10.2. The Bertz CT molecular complexity index is 554. The number of carbonyl (C=O) groups is 1. The highest BCUT2D eigenvalue weighted by Gasteiger charge is 2.07. The number of hydrogen-bond donors (Lipinski definition) is 2. The van der Waals surface area contributed by atoms with Crippen molar-refractivity contribution < 1.29 is 9.21 Å². The summed E-state index contributed by atoms with van der Waals surface area (Å²) in [5.41, 5.74) is 0.898. The molecule has 6 heteroatoms. The van der Waals surface area contributed by atoms with Gasteiger partial charge in [-0.05, 0) is 18.6 Å². The first-order chi connectivity index (χ1) is 10.3. The molecule has 2 N–H and O–H groups in total. The van der Waals surface area contributed by atoms with Gasteiger partial charge in [0, 0.05) is 25.1 Å². The van der Waals surface area contributed by atoms with Crippen LogP contribution in [0, 0.1) is 0 Å². The fourth-order valence-corrected chi connectivity index (χ4v) is 1.77. The Morgan fingerprint density at radius 2 is 2.00 bits per heavy atom. The summed E-state index contributed by atoms with van der Waals surface area (Å²) in [5, 5.41) is 13.9. The van der Waals surface area contributed by atoms with E-state index in [0.717, 1.165) is 18.5 Å². The Morgan fingerprint density at radius 1 is 1.19 bits per heavy atom.